The number of hydrogen-bond acceptors (Lipinski definition) is 8. The zero-order chi connectivity index (χ0) is 29.8. The molecular weight excluding hydrogens is 626 g/mol. The molecule has 0 unspecified atom stereocenters. The molecule has 3 aromatic heterocycles. The van der Waals surface area contributed by atoms with Gasteiger partial charge in [-0.3, -0.25) is 4.68 Å². The van der Waals surface area contributed by atoms with Gasteiger partial charge in [0.15, 0.2) is 23.2 Å². The summed E-state index contributed by atoms with van der Waals surface area (Å²) in [5, 5.41) is 38.8. The molecule has 5 rings (SSSR count). The van der Waals surface area contributed by atoms with E-state index < -0.39 is 82.4 Å². The van der Waals surface area contributed by atoms with E-state index in [0.717, 1.165) is 29.2 Å². The van der Waals surface area contributed by atoms with Crippen LogP contribution in [-0.2, 0) is 10.9 Å². The van der Waals surface area contributed by atoms with Gasteiger partial charge in [-0.1, -0.05) is 23.2 Å². The fraction of sp³-hybridized carbons (Fsp3) is 0.304. The van der Waals surface area contributed by atoms with E-state index in [0.29, 0.717) is 4.68 Å². The Bertz CT molecular complexity index is 1600. The van der Waals surface area contributed by atoms with Crippen LogP contribution in [0.15, 0.2) is 36.8 Å². The van der Waals surface area contributed by atoms with Crippen molar-refractivity contribution in [3.63, 3.8) is 0 Å². The van der Waals surface area contributed by atoms with E-state index in [1.54, 1.807) is 0 Å². The van der Waals surface area contributed by atoms with Crippen LogP contribution >= 0.6 is 34.8 Å². The van der Waals surface area contributed by atoms with Crippen molar-refractivity contribution < 1.29 is 42.0 Å². The fourth-order valence-electron chi connectivity index (χ4n) is 4.48. The Kier molecular flexibility index (Phi) is 7.97. The number of benzene rings is 1. The molecule has 4 aromatic rings. The minimum Gasteiger partial charge on any atom is -0.394 e. The lowest BCUT2D eigenvalue weighted by Crippen LogP contribution is -2.53. The molecule has 0 bridgehead atoms. The van der Waals surface area contributed by atoms with Crippen molar-refractivity contribution in [1.82, 2.24) is 29.5 Å². The highest BCUT2D eigenvalue weighted by atomic mass is 35.5. The van der Waals surface area contributed by atoms with E-state index in [9.17, 15) is 37.3 Å². The molecular formula is C23H16Cl3F5N6O4. The highest BCUT2D eigenvalue weighted by Gasteiger charge is 2.49. The Morgan fingerprint density at radius 1 is 1.02 bits per heavy atom. The number of hydrogen-bond donors (Lipinski definition) is 3. The minimum atomic E-state index is -4.96. The first-order chi connectivity index (χ1) is 19.3. The molecule has 1 saturated heterocycles. The summed E-state index contributed by atoms with van der Waals surface area (Å²) in [5.74, 6) is -3.02. The van der Waals surface area contributed by atoms with Crippen molar-refractivity contribution in [2.75, 3.05) is 6.61 Å². The first kappa shape index (κ1) is 29.6. The number of alkyl halides is 3. The van der Waals surface area contributed by atoms with Gasteiger partial charge in [0.1, 0.15) is 30.5 Å². The lowest BCUT2D eigenvalue weighted by Gasteiger charge is -2.41. The number of aliphatic hydroxyl groups excluding tert-OH is 3. The molecule has 218 valence electrons. The van der Waals surface area contributed by atoms with Crippen LogP contribution in [-0.4, -0.2) is 69.8 Å². The standard InChI is InChI=1S/C23H16Cl3F5N6O4/c24-9-3-12(20(32-5-9)23(29,30)31)37-21(34-22(26)35-37)19-18(40)16(17(39)13(7-38)41-19)36-6-8(4-33-36)10-1-2-11(25)15(28)14(10)27/h1-6,13,16-19,38-40H,7H2/t13-,16+,17+,18-,19-/m1/s1. The zero-order valence-electron chi connectivity index (χ0n) is 20.0. The summed E-state index contributed by atoms with van der Waals surface area (Å²) in [6, 6.07) is 1.78. The van der Waals surface area contributed by atoms with Crippen LogP contribution in [0.25, 0.3) is 16.8 Å². The molecule has 1 aliphatic rings. The molecule has 0 saturated carbocycles. The third-order valence-electron chi connectivity index (χ3n) is 6.34. The second-order valence-electron chi connectivity index (χ2n) is 8.85. The Labute approximate surface area is 241 Å². The lowest BCUT2D eigenvalue weighted by atomic mass is 9.92. The van der Waals surface area contributed by atoms with Gasteiger partial charge in [0.25, 0.3) is 0 Å². The molecule has 0 radical (unpaired) electrons. The van der Waals surface area contributed by atoms with Crippen LogP contribution < -0.4 is 0 Å². The van der Waals surface area contributed by atoms with Gasteiger partial charge in [-0.2, -0.15) is 23.3 Å². The number of nitrogens with zero attached hydrogens (tertiary/aromatic N) is 6. The maximum atomic E-state index is 14.5. The minimum absolute atomic E-state index is 0.0343. The maximum absolute atomic E-state index is 14.5. The van der Waals surface area contributed by atoms with Crippen molar-refractivity contribution >= 4 is 34.8 Å². The van der Waals surface area contributed by atoms with Crippen molar-refractivity contribution in [3.8, 4) is 16.8 Å². The number of pyridine rings is 1. The third-order valence-corrected chi connectivity index (χ3v) is 7.00. The number of ether oxygens (including phenoxy) is 1. The van der Waals surface area contributed by atoms with Crippen LogP contribution in [0.2, 0.25) is 15.3 Å². The summed E-state index contributed by atoms with van der Waals surface area (Å²) in [6.07, 6.45) is -8.42. The molecule has 1 fully saturated rings. The van der Waals surface area contributed by atoms with Crippen LogP contribution in [0.5, 0.6) is 0 Å². The molecule has 18 heteroatoms. The molecule has 1 aliphatic heterocycles. The second-order valence-corrected chi connectivity index (χ2v) is 10.0. The van der Waals surface area contributed by atoms with E-state index in [2.05, 4.69) is 20.2 Å². The molecule has 0 amide bonds. The molecule has 4 heterocycles. The summed E-state index contributed by atoms with van der Waals surface area (Å²) < 4.78 is 77.2. The maximum Gasteiger partial charge on any atom is 0.435 e. The van der Waals surface area contributed by atoms with E-state index in [-0.39, 0.29) is 16.1 Å². The molecule has 10 nitrogen and oxygen atoms in total. The van der Waals surface area contributed by atoms with Crippen molar-refractivity contribution in [2.45, 2.75) is 36.6 Å². The van der Waals surface area contributed by atoms with Crippen molar-refractivity contribution in [1.29, 1.82) is 0 Å². The fourth-order valence-corrected chi connectivity index (χ4v) is 4.95. The lowest BCUT2D eigenvalue weighted by molar-refractivity contribution is -0.210. The van der Waals surface area contributed by atoms with E-state index >= 15 is 0 Å². The van der Waals surface area contributed by atoms with E-state index in [1.165, 1.54) is 12.3 Å². The molecule has 0 aliphatic carbocycles. The highest BCUT2D eigenvalue weighted by Crippen LogP contribution is 2.41. The predicted octanol–water partition coefficient (Wildman–Crippen LogP) is 4.18. The quantitative estimate of drug-likeness (QED) is 0.219. The van der Waals surface area contributed by atoms with Gasteiger partial charge in [-0.15, -0.1) is 5.10 Å². The smallest absolute Gasteiger partial charge is 0.394 e. The summed E-state index contributed by atoms with van der Waals surface area (Å²) in [7, 11) is 0. The van der Waals surface area contributed by atoms with Gasteiger partial charge in [-0.25, -0.2) is 18.4 Å². The number of rotatable bonds is 5. The summed E-state index contributed by atoms with van der Waals surface area (Å²) in [5.41, 5.74) is -2.30. The van der Waals surface area contributed by atoms with Crippen LogP contribution in [0.4, 0.5) is 22.0 Å². The van der Waals surface area contributed by atoms with E-state index in [4.69, 9.17) is 39.5 Å². The van der Waals surface area contributed by atoms with Gasteiger partial charge < -0.3 is 20.1 Å². The SMILES string of the molecule is OC[C@H]1O[C@@H](c2nc(Cl)nn2-c2cc(Cl)cnc2C(F)(F)F)[C@H](O)[C@@H](n2cc(-c3ccc(Cl)c(F)c3F)cn2)[C@H]1O. The number of aromatic nitrogens is 6. The largest absolute Gasteiger partial charge is 0.435 e. The monoisotopic (exact) mass is 640 g/mol. The van der Waals surface area contributed by atoms with Crippen LogP contribution in [0.3, 0.4) is 0 Å². The first-order valence-electron chi connectivity index (χ1n) is 11.5. The Hall–Kier alpha value is -2.92. The van der Waals surface area contributed by atoms with Gasteiger partial charge in [0.05, 0.1) is 28.5 Å². The van der Waals surface area contributed by atoms with Crippen molar-refractivity contribution in [2.24, 2.45) is 0 Å². The summed E-state index contributed by atoms with van der Waals surface area (Å²) >= 11 is 17.5. The Morgan fingerprint density at radius 2 is 1.76 bits per heavy atom. The average molecular weight is 642 g/mol. The molecule has 1 aromatic carbocycles. The van der Waals surface area contributed by atoms with Crippen LogP contribution in [0.1, 0.15) is 23.7 Å². The summed E-state index contributed by atoms with van der Waals surface area (Å²) in [6.45, 7) is -0.805. The topological polar surface area (TPSA) is 131 Å². The van der Waals surface area contributed by atoms with Crippen LogP contribution in [0, 0.1) is 11.6 Å². The molecule has 3 N–H and O–H groups in total. The van der Waals surface area contributed by atoms with Crippen molar-refractivity contribution in [3.05, 3.63) is 75.3 Å². The summed E-state index contributed by atoms with van der Waals surface area (Å²) in [4.78, 5) is 7.26. The van der Waals surface area contributed by atoms with Gasteiger partial charge >= 0.3 is 6.18 Å². The number of aliphatic hydroxyl groups is 3. The second kappa shape index (κ2) is 11.1. The Morgan fingerprint density at radius 3 is 2.44 bits per heavy atom. The molecule has 0 spiro atoms. The highest BCUT2D eigenvalue weighted by molar-refractivity contribution is 6.31. The average Bonchev–Trinajstić information content (AvgIpc) is 3.54. The molecule has 5 atom stereocenters. The normalized spacial score (nSPS) is 23.2. The zero-order valence-corrected chi connectivity index (χ0v) is 22.3. The van der Waals surface area contributed by atoms with E-state index in [1.807, 2.05) is 0 Å². The van der Waals surface area contributed by atoms with Gasteiger partial charge in [-0.05, 0) is 29.8 Å². The van der Waals surface area contributed by atoms with Gasteiger partial charge in [0.2, 0.25) is 5.28 Å². The molecule has 41 heavy (non-hydrogen) atoms. The first-order valence-corrected chi connectivity index (χ1v) is 12.6. The Balaban J connectivity index is 1.59. The predicted molar refractivity (Wildman–Crippen MR) is 133 cm³/mol. The van der Waals surface area contributed by atoms with Gasteiger partial charge in [0, 0.05) is 23.5 Å². The third kappa shape index (κ3) is 5.38. The number of halogens is 8.